The van der Waals surface area contributed by atoms with Gasteiger partial charge in [-0.2, -0.15) is 0 Å². The van der Waals surface area contributed by atoms with Crippen LogP contribution in [0.25, 0.3) is 21.6 Å². The maximum absolute atomic E-state index is 14.0. The van der Waals surface area contributed by atoms with Gasteiger partial charge in [0.25, 0.3) is 5.91 Å². The van der Waals surface area contributed by atoms with Gasteiger partial charge in [0.05, 0.1) is 17.1 Å². The Morgan fingerprint density at radius 2 is 1.96 bits per heavy atom. The molecule has 7 heteroatoms. The highest BCUT2D eigenvalue weighted by Crippen LogP contribution is 2.34. The number of fused-ring (bicyclic) bond motifs is 1. The summed E-state index contributed by atoms with van der Waals surface area (Å²) in [5.74, 6) is 0.329. The van der Waals surface area contributed by atoms with Crippen LogP contribution in [-0.4, -0.2) is 32.3 Å². The molecule has 0 radical (unpaired) electrons. The largest absolute Gasteiger partial charge is 0.340 e. The van der Waals surface area contributed by atoms with Crippen molar-refractivity contribution in [2.75, 3.05) is 6.54 Å². The minimum atomic E-state index is -0.336. The molecule has 0 aliphatic carbocycles. The number of imidazole rings is 1. The molecule has 1 saturated heterocycles. The zero-order chi connectivity index (χ0) is 19.1. The van der Waals surface area contributed by atoms with Crippen LogP contribution in [0.5, 0.6) is 0 Å². The third-order valence-electron chi connectivity index (χ3n) is 5.06. The summed E-state index contributed by atoms with van der Waals surface area (Å²) < 4.78 is 14.0. The lowest BCUT2D eigenvalue weighted by Gasteiger charge is -2.22. The van der Waals surface area contributed by atoms with Gasteiger partial charge in [0.15, 0.2) is 0 Å². The SMILES string of the molecule is O=C(c1csc(-c2ccccc2F)n1)N1CCCC1c1nc2ccccc2[nH]1. The molecule has 140 valence electrons. The monoisotopic (exact) mass is 392 g/mol. The molecule has 1 aliphatic rings. The van der Waals surface area contributed by atoms with Crippen LogP contribution in [0.15, 0.2) is 53.9 Å². The van der Waals surface area contributed by atoms with Crippen molar-refractivity contribution in [1.82, 2.24) is 19.9 Å². The number of para-hydroxylation sites is 2. The lowest BCUT2D eigenvalue weighted by atomic mass is 10.2. The van der Waals surface area contributed by atoms with Gasteiger partial charge in [-0.15, -0.1) is 11.3 Å². The second-order valence-electron chi connectivity index (χ2n) is 6.81. The molecule has 5 nitrogen and oxygen atoms in total. The second-order valence-corrected chi connectivity index (χ2v) is 7.67. The van der Waals surface area contributed by atoms with Crippen LogP contribution >= 0.6 is 11.3 Å². The fourth-order valence-electron chi connectivity index (χ4n) is 3.70. The number of nitrogens with zero attached hydrogens (tertiary/aromatic N) is 3. The summed E-state index contributed by atoms with van der Waals surface area (Å²) in [5.41, 5.74) is 2.63. The Kier molecular flexibility index (Phi) is 4.16. The van der Waals surface area contributed by atoms with E-state index in [-0.39, 0.29) is 17.8 Å². The van der Waals surface area contributed by atoms with Crippen LogP contribution in [0.1, 0.15) is 35.2 Å². The summed E-state index contributed by atoms with van der Waals surface area (Å²) in [5, 5.41) is 2.22. The Bertz CT molecular complexity index is 1130. The van der Waals surface area contributed by atoms with E-state index in [1.807, 2.05) is 29.2 Å². The number of carbonyl (C=O) groups excluding carboxylic acids is 1. The number of hydrogen-bond donors (Lipinski definition) is 1. The van der Waals surface area contributed by atoms with Crippen LogP contribution in [0.3, 0.4) is 0 Å². The molecule has 0 spiro atoms. The lowest BCUT2D eigenvalue weighted by molar-refractivity contribution is 0.0725. The van der Waals surface area contributed by atoms with Crippen molar-refractivity contribution in [1.29, 1.82) is 0 Å². The van der Waals surface area contributed by atoms with Crippen LogP contribution in [0.4, 0.5) is 4.39 Å². The molecule has 3 heterocycles. The van der Waals surface area contributed by atoms with E-state index < -0.39 is 0 Å². The molecule has 1 fully saturated rings. The maximum atomic E-state index is 14.0. The highest BCUT2D eigenvalue weighted by Gasteiger charge is 2.33. The topological polar surface area (TPSA) is 61.9 Å². The van der Waals surface area contributed by atoms with Crippen LogP contribution in [0, 0.1) is 5.82 Å². The number of rotatable bonds is 3. The van der Waals surface area contributed by atoms with Gasteiger partial charge < -0.3 is 9.88 Å². The van der Waals surface area contributed by atoms with Gasteiger partial charge in [-0.25, -0.2) is 14.4 Å². The predicted octanol–water partition coefficient (Wildman–Crippen LogP) is 4.80. The zero-order valence-electron chi connectivity index (χ0n) is 14.9. The van der Waals surface area contributed by atoms with E-state index in [1.54, 1.807) is 23.6 Å². The fraction of sp³-hybridized carbons (Fsp3) is 0.190. The molecule has 5 rings (SSSR count). The van der Waals surface area contributed by atoms with Gasteiger partial charge in [-0.3, -0.25) is 4.79 Å². The molecule has 4 aromatic rings. The van der Waals surface area contributed by atoms with Gasteiger partial charge in [-0.1, -0.05) is 24.3 Å². The number of benzene rings is 2. The first kappa shape index (κ1) is 17.1. The number of nitrogens with one attached hydrogen (secondary N) is 1. The molecule has 1 atom stereocenters. The van der Waals surface area contributed by atoms with Crippen molar-refractivity contribution in [2.24, 2.45) is 0 Å². The van der Waals surface area contributed by atoms with E-state index in [4.69, 9.17) is 0 Å². The van der Waals surface area contributed by atoms with Crippen molar-refractivity contribution in [3.8, 4) is 10.6 Å². The summed E-state index contributed by atoms with van der Waals surface area (Å²) in [4.78, 5) is 27.3. The first-order valence-electron chi connectivity index (χ1n) is 9.17. The van der Waals surface area contributed by atoms with Crippen molar-refractivity contribution in [3.63, 3.8) is 0 Å². The van der Waals surface area contributed by atoms with Crippen molar-refractivity contribution in [2.45, 2.75) is 18.9 Å². The smallest absolute Gasteiger partial charge is 0.273 e. The number of thiazole rings is 1. The molecule has 1 unspecified atom stereocenters. The summed E-state index contributed by atoms with van der Waals surface area (Å²) in [6, 6.07) is 14.2. The second kappa shape index (κ2) is 6.83. The molecule has 2 aromatic carbocycles. The summed E-state index contributed by atoms with van der Waals surface area (Å²) in [6.45, 7) is 0.660. The number of likely N-dealkylation sites (tertiary alicyclic amines) is 1. The standard InChI is InChI=1S/C21H17FN4OS/c22-14-7-2-1-6-13(14)20-25-17(12-28-20)21(27)26-11-5-10-18(26)19-23-15-8-3-4-9-16(15)24-19/h1-4,6-9,12,18H,5,10-11H2,(H,23,24). The summed E-state index contributed by atoms with van der Waals surface area (Å²) in [7, 11) is 0. The average molecular weight is 392 g/mol. The van der Waals surface area contributed by atoms with E-state index in [9.17, 15) is 9.18 Å². The molecular weight excluding hydrogens is 375 g/mol. The van der Waals surface area contributed by atoms with Gasteiger partial charge in [0, 0.05) is 17.5 Å². The number of aromatic amines is 1. The Labute approximate surface area is 164 Å². The molecular formula is C21H17FN4OS. The minimum Gasteiger partial charge on any atom is -0.340 e. The third-order valence-corrected chi connectivity index (χ3v) is 5.94. The Morgan fingerprint density at radius 3 is 2.82 bits per heavy atom. The van der Waals surface area contributed by atoms with Gasteiger partial charge >= 0.3 is 0 Å². The normalized spacial score (nSPS) is 16.8. The highest BCUT2D eigenvalue weighted by atomic mass is 32.1. The Morgan fingerprint density at radius 1 is 1.14 bits per heavy atom. The first-order valence-corrected chi connectivity index (χ1v) is 10.0. The predicted molar refractivity (Wildman–Crippen MR) is 107 cm³/mol. The maximum Gasteiger partial charge on any atom is 0.273 e. The molecule has 0 bridgehead atoms. The van der Waals surface area contributed by atoms with E-state index >= 15 is 0 Å². The van der Waals surface area contributed by atoms with E-state index in [0.717, 1.165) is 29.7 Å². The molecule has 1 aliphatic heterocycles. The van der Waals surface area contributed by atoms with Crippen molar-refractivity contribution < 1.29 is 9.18 Å². The van der Waals surface area contributed by atoms with Crippen LogP contribution < -0.4 is 0 Å². The van der Waals surface area contributed by atoms with E-state index in [0.29, 0.717) is 22.8 Å². The average Bonchev–Trinajstić information content (AvgIpc) is 3.45. The number of aromatic nitrogens is 3. The zero-order valence-corrected chi connectivity index (χ0v) is 15.7. The molecule has 1 amide bonds. The fourth-order valence-corrected chi connectivity index (χ4v) is 4.52. The minimum absolute atomic E-state index is 0.0986. The Balaban J connectivity index is 1.44. The van der Waals surface area contributed by atoms with Gasteiger partial charge in [-0.05, 0) is 37.1 Å². The first-order chi connectivity index (χ1) is 13.7. The van der Waals surface area contributed by atoms with Crippen LogP contribution in [-0.2, 0) is 0 Å². The molecule has 0 saturated carbocycles. The van der Waals surface area contributed by atoms with Gasteiger partial charge in [0.1, 0.15) is 22.3 Å². The highest BCUT2D eigenvalue weighted by molar-refractivity contribution is 7.13. The van der Waals surface area contributed by atoms with E-state index in [1.165, 1.54) is 17.4 Å². The van der Waals surface area contributed by atoms with Crippen molar-refractivity contribution in [3.05, 3.63) is 71.2 Å². The number of H-pyrrole nitrogens is 1. The summed E-state index contributed by atoms with van der Waals surface area (Å²) in [6.07, 6.45) is 1.77. The van der Waals surface area contributed by atoms with Gasteiger partial charge in [0.2, 0.25) is 0 Å². The molecule has 1 N–H and O–H groups in total. The number of halogens is 1. The summed E-state index contributed by atoms with van der Waals surface area (Å²) >= 11 is 1.28. The van der Waals surface area contributed by atoms with Crippen LogP contribution in [0.2, 0.25) is 0 Å². The van der Waals surface area contributed by atoms with Crippen molar-refractivity contribution >= 4 is 28.3 Å². The third kappa shape index (κ3) is 2.88. The quantitative estimate of drug-likeness (QED) is 0.545. The molecule has 2 aromatic heterocycles. The Hall–Kier alpha value is -3.06. The van der Waals surface area contributed by atoms with E-state index in [2.05, 4.69) is 15.0 Å². The number of hydrogen-bond acceptors (Lipinski definition) is 4. The lowest BCUT2D eigenvalue weighted by Crippen LogP contribution is -2.31. The number of carbonyl (C=O) groups is 1. The molecule has 28 heavy (non-hydrogen) atoms. The number of amides is 1.